The number of ether oxygens (including phenoxy) is 2. The van der Waals surface area contributed by atoms with Crippen LogP contribution in [0.1, 0.15) is 6.42 Å². The molecule has 1 N–H and O–H groups in total. The van der Waals surface area contributed by atoms with Crippen LogP contribution in [0.3, 0.4) is 0 Å². The minimum atomic E-state index is -2.96. The van der Waals surface area contributed by atoms with E-state index in [1.165, 1.54) is 25.3 Å². The van der Waals surface area contributed by atoms with E-state index >= 15 is 0 Å². The van der Waals surface area contributed by atoms with Crippen LogP contribution in [-0.2, 0) is 4.79 Å². The highest BCUT2D eigenvalue weighted by Gasteiger charge is 2.11. The molecule has 0 radical (unpaired) electrons. The Bertz CT molecular complexity index is 472. The average molecular weight is 256 g/mol. The van der Waals surface area contributed by atoms with E-state index in [0.29, 0.717) is 5.69 Å². The van der Waals surface area contributed by atoms with E-state index in [-0.39, 0.29) is 17.9 Å². The Morgan fingerprint density at radius 1 is 1.50 bits per heavy atom. The van der Waals surface area contributed by atoms with Gasteiger partial charge in [-0.3, -0.25) is 4.79 Å². The summed E-state index contributed by atoms with van der Waals surface area (Å²) in [6.07, 6.45) is -0.294. The first-order chi connectivity index (χ1) is 8.56. The van der Waals surface area contributed by atoms with Crippen LogP contribution in [0.2, 0.25) is 0 Å². The fourth-order valence-corrected chi connectivity index (χ4v) is 1.22. The predicted octanol–water partition coefficient (Wildman–Crippen LogP) is 2.15. The zero-order valence-electron chi connectivity index (χ0n) is 9.44. The van der Waals surface area contributed by atoms with E-state index in [1.54, 1.807) is 6.07 Å². The molecule has 0 aromatic heterocycles. The van der Waals surface area contributed by atoms with Crippen molar-refractivity contribution in [3.8, 4) is 17.6 Å². The summed E-state index contributed by atoms with van der Waals surface area (Å²) in [6.45, 7) is -2.96. The number of carbonyl (C=O) groups is 1. The second-order valence-electron chi connectivity index (χ2n) is 3.13. The van der Waals surface area contributed by atoms with Crippen LogP contribution in [0.15, 0.2) is 18.2 Å². The molecule has 0 heterocycles. The maximum atomic E-state index is 12.1. The molecule has 0 fully saturated rings. The van der Waals surface area contributed by atoms with Gasteiger partial charge in [0.2, 0.25) is 5.91 Å². The first kappa shape index (κ1) is 13.7. The highest BCUT2D eigenvalue weighted by atomic mass is 19.3. The summed E-state index contributed by atoms with van der Waals surface area (Å²) >= 11 is 0. The molecular weight excluding hydrogens is 246 g/mol. The number of anilines is 1. The first-order valence-electron chi connectivity index (χ1n) is 4.86. The van der Waals surface area contributed by atoms with E-state index in [9.17, 15) is 13.6 Å². The van der Waals surface area contributed by atoms with Crippen molar-refractivity contribution in [2.24, 2.45) is 0 Å². The summed E-state index contributed by atoms with van der Waals surface area (Å²) in [6, 6.07) is 5.63. The number of benzene rings is 1. The quantitative estimate of drug-likeness (QED) is 0.876. The van der Waals surface area contributed by atoms with Crippen LogP contribution < -0.4 is 14.8 Å². The number of carbonyl (C=O) groups excluding carboxylic acids is 1. The Hall–Kier alpha value is -2.36. The molecule has 0 aliphatic heterocycles. The second-order valence-corrected chi connectivity index (χ2v) is 3.13. The SMILES string of the molecule is COc1cc(NC(=O)CC#N)ccc1OC(F)F. The van der Waals surface area contributed by atoms with Gasteiger partial charge in [-0.1, -0.05) is 0 Å². The number of nitrogens with zero attached hydrogens (tertiary/aromatic N) is 1. The van der Waals surface area contributed by atoms with Crippen molar-refractivity contribution < 1.29 is 23.0 Å². The lowest BCUT2D eigenvalue weighted by Crippen LogP contribution is -2.10. The van der Waals surface area contributed by atoms with Gasteiger partial charge in [0.1, 0.15) is 6.42 Å². The van der Waals surface area contributed by atoms with Gasteiger partial charge < -0.3 is 14.8 Å². The molecular formula is C11H10F2N2O3. The largest absolute Gasteiger partial charge is 0.493 e. The molecule has 5 nitrogen and oxygen atoms in total. The van der Waals surface area contributed by atoms with E-state index in [1.807, 2.05) is 0 Å². The molecule has 0 bridgehead atoms. The molecule has 0 aliphatic rings. The standard InChI is InChI=1S/C11H10F2N2O3/c1-17-9-6-7(15-10(16)4-5-14)2-3-8(9)18-11(12)13/h2-3,6,11H,4H2,1H3,(H,15,16). The number of rotatable bonds is 5. The van der Waals surface area contributed by atoms with E-state index < -0.39 is 12.5 Å². The van der Waals surface area contributed by atoms with Gasteiger partial charge in [0.25, 0.3) is 0 Å². The molecule has 0 atom stereocenters. The molecule has 1 amide bonds. The maximum absolute atomic E-state index is 12.1. The first-order valence-corrected chi connectivity index (χ1v) is 4.86. The van der Waals surface area contributed by atoms with Gasteiger partial charge in [-0.15, -0.1) is 0 Å². The van der Waals surface area contributed by atoms with Crippen LogP contribution in [0, 0.1) is 11.3 Å². The summed E-state index contributed by atoms with van der Waals surface area (Å²) in [4.78, 5) is 11.1. The van der Waals surface area contributed by atoms with Crippen molar-refractivity contribution in [1.82, 2.24) is 0 Å². The van der Waals surface area contributed by atoms with Crippen LogP contribution in [0.5, 0.6) is 11.5 Å². The molecule has 0 saturated carbocycles. The fourth-order valence-electron chi connectivity index (χ4n) is 1.22. The van der Waals surface area contributed by atoms with Gasteiger partial charge in [0, 0.05) is 11.8 Å². The molecule has 1 aromatic carbocycles. The number of alkyl halides is 2. The zero-order valence-corrected chi connectivity index (χ0v) is 9.44. The van der Waals surface area contributed by atoms with Gasteiger partial charge in [-0.2, -0.15) is 14.0 Å². The molecule has 0 saturated heterocycles. The summed E-state index contributed by atoms with van der Waals surface area (Å²) in [7, 11) is 1.29. The number of hydrogen-bond donors (Lipinski definition) is 1. The lowest BCUT2D eigenvalue weighted by Gasteiger charge is -2.11. The number of halogens is 2. The Labute approximate surface area is 102 Å². The van der Waals surface area contributed by atoms with Gasteiger partial charge in [0.15, 0.2) is 11.5 Å². The molecule has 0 unspecified atom stereocenters. The monoisotopic (exact) mass is 256 g/mol. The normalized spacial score (nSPS) is 9.72. The third kappa shape index (κ3) is 3.90. The lowest BCUT2D eigenvalue weighted by molar-refractivity contribution is -0.115. The third-order valence-electron chi connectivity index (χ3n) is 1.90. The highest BCUT2D eigenvalue weighted by Crippen LogP contribution is 2.31. The van der Waals surface area contributed by atoms with Crippen molar-refractivity contribution in [2.75, 3.05) is 12.4 Å². The Balaban J connectivity index is 2.85. The van der Waals surface area contributed by atoms with Crippen molar-refractivity contribution >= 4 is 11.6 Å². The van der Waals surface area contributed by atoms with Crippen molar-refractivity contribution in [3.05, 3.63) is 18.2 Å². The number of methoxy groups -OCH3 is 1. The average Bonchev–Trinajstić information content (AvgIpc) is 2.30. The third-order valence-corrected chi connectivity index (χ3v) is 1.90. The molecule has 0 spiro atoms. The summed E-state index contributed by atoms with van der Waals surface area (Å²) in [5.74, 6) is -0.571. The molecule has 96 valence electrons. The molecule has 18 heavy (non-hydrogen) atoms. The van der Waals surface area contributed by atoms with E-state index in [0.717, 1.165) is 0 Å². The van der Waals surface area contributed by atoms with Crippen molar-refractivity contribution in [3.63, 3.8) is 0 Å². The number of hydrogen-bond acceptors (Lipinski definition) is 4. The Morgan fingerprint density at radius 2 is 2.22 bits per heavy atom. The number of amides is 1. The smallest absolute Gasteiger partial charge is 0.387 e. The minimum Gasteiger partial charge on any atom is -0.493 e. The van der Waals surface area contributed by atoms with Crippen LogP contribution in [0.4, 0.5) is 14.5 Å². The maximum Gasteiger partial charge on any atom is 0.387 e. The zero-order chi connectivity index (χ0) is 13.5. The molecule has 7 heteroatoms. The highest BCUT2D eigenvalue weighted by molar-refractivity contribution is 5.92. The minimum absolute atomic E-state index is 0.0602. The lowest BCUT2D eigenvalue weighted by atomic mass is 10.2. The Kier molecular flexibility index (Phi) is 4.87. The summed E-state index contributed by atoms with van der Waals surface area (Å²) < 4.78 is 33.2. The molecule has 1 aromatic rings. The predicted molar refractivity (Wildman–Crippen MR) is 58.5 cm³/mol. The number of nitriles is 1. The number of nitrogens with one attached hydrogen (secondary N) is 1. The molecule has 1 rings (SSSR count). The van der Waals surface area contributed by atoms with Gasteiger partial charge in [-0.25, -0.2) is 0 Å². The topological polar surface area (TPSA) is 71.3 Å². The van der Waals surface area contributed by atoms with E-state index in [2.05, 4.69) is 10.1 Å². The fraction of sp³-hybridized carbons (Fsp3) is 0.273. The second kappa shape index (κ2) is 6.39. The Morgan fingerprint density at radius 3 is 2.78 bits per heavy atom. The van der Waals surface area contributed by atoms with E-state index in [4.69, 9.17) is 10.00 Å². The van der Waals surface area contributed by atoms with Gasteiger partial charge in [0.05, 0.1) is 13.2 Å². The van der Waals surface area contributed by atoms with Crippen molar-refractivity contribution in [1.29, 1.82) is 5.26 Å². The van der Waals surface area contributed by atoms with Gasteiger partial charge in [-0.05, 0) is 12.1 Å². The summed E-state index contributed by atoms with van der Waals surface area (Å²) in [5, 5.41) is 10.7. The van der Waals surface area contributed by atoms with Gasteiger partial charge >= 0.3 is 6.61 Å². The van der Waals surface area contributed by atoms with Crippen LogP contribution in [-0.4, -0.2) is 19.6 Å². The summed E-state index contributed by atoms with van der Waals surface area (Å²) in [5.41, 5.74) is 0.328. The van der Waals surface area contributed by atoms with Crippen LogP contribution >= 0.6 is 0 Å². The van der Waals surface area contributed by atoms with Crippen molar-refractivity contribution in [2.45, 2.75) is 13.0 Å². The van der Waals surface area contributed by atoms with Crippen LogP contribution in [0.25, 0.3) is 0 Å². The molecule has 0 aliphatic carbocycles.